The Balaban J connectivity index is 1.78. The molecule has 6 nitrogen and oxygen atoms in total. The van der Waals surface area contributed by atoms with Gasteiger partial charge in [0.2, 0.25) is 5.91 Å². The molecular weight excluding hydrogens is 394 g/mol. The molecule has 31 heavy (non-hydrogen) atoms. The van der Waals surface area contributed by atoms with Crippen LogP contribution in [0.15, 0.2) is 54.6 Å². The van der Waals surface area contributed by atoms with Crippen molar-refractivity contribution < 1.29 is 23.9 Å². The summed E-state index contributed by atoms with van der Waals surface area (Å²) >= 11 is 0. The van der Waals surface area contributed by atoms with Crippen LogP contribution in [-0.2, 0) is 14.3 Å². The van der Waals surface area contributed by atoms with Gasteiger partial charge < -0.3 is 14.8 Å². The van der Waals surface area contributed by atoms with Gasteiger partial charge in [-0.05, 0) is 61.4 Å². The Morgan fingerprint density at radius 2 is 1.65 bits per heavy atom. The molecule has 2 aromatic carbocycles. The number of ketones is 1. The van der Waals surface area contributed by atoms with Crippen molar-refractivity contribution in [2.24, 2.45) is 0 Å². The molecule has 1 amide bonds. The lowest BCUT2D eigenvalue weighted by molar-refractivity contribution is -0.136. The third-order valence-corrected chi connectivity index (χ3v) is 4.45. The highest BCUT2D eigenvalue weighted by atomic mass is 16.5. The molecule has 1 N–H and O–H groups in total. The minimum absolute atomic E-state index is 0.0410. The lowest BCUT2D eigenvalue weighted by atomic mass is 10.1. The molecule has 2 rings (SSSR count). The molecule has 0 aliphatic carbocycles. The van der Waals surface area contributed by atoms with E-state index in [0.29, 0.717) is 24.3 Å². The van der Waals surface area contributed by atoms with Gasteiger partial charge in [-0.3, -0.25) is 9.59 Å². The highest BCUT2D eigenvalue weighted by Crippen LogP contribution is 2.14. The molecule has 0 unspecified atom stereocenters. The molecule has 0 atom stereocenters. The van der Waals surface area contributed by atoms with E-state index in [0.717, 1.165) is 30.6 Å². The van der Waals surface area contributed by atoms with Crippen LogP contribution in [0.5, 0.6) is 5.75 Å². The number of esters is 1. The number of nitrogens with one attached hydrogen (secondary N) is 1. The summed E-state index contributed by atoms with van der Waals surface area (Å²) < 4.78 is 10.4. The molecule has 0 bridgehead atoms. The van der Waals surface area contributed by atoms with Crippen molar-refractivity contribution in [1.29, 1.82) is 0 Å². The maximum Gasteiger partial charge on any atom is 0.331 e. The molecule has 0 spiro atoms. The van der Waals surface area contributed by atoms with E-state index in [1.54, 1.807) is 30.3 Å². The highest BCUT2D eigenvalue weighted by molar-refractivity contribution is 5.99. The fraction of sp³-hybridized carbons (Fsp3) is 0.320. The summed E-state index contributed by atoms with van der Waals surface area (Å²) in [5.74, 6) is -0.197. The van der Waals surface area contributed by atoms with Crippen molar-refractivity contribution in [3.8, 4) is 5.75 Å². The van der Waals surface area contributed by atoms with E-state index in [1.807, 2.05) is 31.2 Å². The number of amides is 1. The Hall–Kier alpha value is -3.41. The van der Waals surface area contributed by atoms with E-state index < -0.39 is 5.97 Å². The molecule has 0 saturated carbocycles. The third-order valence-electron chi connectivity index (χ3n) is 4.45. The molecule has 0 aromatic heterocycles. The van der Waals surface area contributed by atoms with Crippen LogP contribution >= 0.6 is 0 Å². The predicted molar refractivity (Wildman–Crippen MR) is 121 cm³/mol. The fourth-order valence-corrected chi connectivity index (χ4v) is 2.77. The van der Waals surface area contributed by atoms with Gasteiger partial charge in [0.1, 0.15) is 5.75 Å². The molecule has 0 aliphatic heterocycles. The monoisotopic (exact) mass is 423 g/mol. The summed E-state index contributed by atoms with van der Waals surface area (Å²) in [5, 5.41) is 2.81. The second-order valence-electron chi connectivity index (χ2n) is 6.95. The second-order valence-corrected chi connectivity index (χ2v) is 6.95. The topological polar surface area (TPSA) is 81.7 Å². The number of rotatable bonds is 12. The van der Waals surface area contributed by atoms with Crippen LogP contribution in [0.2, 0.25) is 0 Å². The van der Waals surface area contributed by atoms with Crippen molar-refractivity contribution in [1.82, 2.24) is 0 Å². The van der Waals surface area contributed by atoms with Crippen LogP contribution in [0.25, 0.3) is 6.08 Å². The van der Waals surface area contributed by atoms with Gasteiger partial charge in [0.15, 0.2) is 12.4 Å². The van der Waals surface area contributed by atoms with Gasteiger partial charge in [-0.15, -0.1) is 0 Å². The molecule has 0 radical (unpaired) electrons. The first kappa shape index (κ1) is 23.9. The first-order chi connectivity index (χ1) is 15.0. The molecule has 0 saturated heterocycles. The standard InChI is InChI=1S/C25H29NO5/c1-3-5-6-7-24(28)26-21-13-11-20(12-14-21)23(27)18-31-25(29)17-10-19-8-15-22(16-9-19)30-4-2/h8-17H,3-7,18H2,1-2H3,(H,26,28)/b17-10+. The largest absolute Gasteiger partial charge is 0.494 e. The van der Waals surface area contributed by atoms with E-state index >= 15 is 0 Å². The number of carbonyl (C=O) groups excluding carboxylic acids is 3. The maximum atomic E-state index is 12.2. The van der Waals surface area contributed by atoms with Crippen molar-refractivity contribution in [2.75, 3.05) is 18.5 Å². The SMILES string of the molecule is CCCCCC(=O)Nc1ccc(C(=O)COC(=O)/C=C/c2ccc(OCC)cc2)cc1. The minimum atomic E-state index is -0.599. The normalized spacial score (nSPS) is 10.6. The maximum absolute atomic E-state index is 12.2. The first-order valence-corrected chi connectivity index (χ1v) is 10.5. The number of anilines is 1. The smallest absolute Gasteiger partial charge is 0.331 e. The zero-order chi connectivity index (χ0) is 22.5. The van der Waals surface area contributed by atoms with Gasteiger partial charge in [0, 0.05) is 23.7 Å². The summed E-state index contributed by atoms with van der Waals surface area (Å²) in [6, 6.07) is 13.8. The highest BCUT2D eigenvalue weighted by Gasteiger charge is 2.09. The minimum Gasteiger partial charge on any atom is -0.494 e. The van der Waals surface area contributed by atoms with E-state index in [4.69, 9.17) is 9.47 Å². The van der Waals surface area contributed by atoms with E-state index in [9.17, 15) is 14.4 Å². The van der Waals surface area contributed by atoms with Gasteiger partial charge >= 0.3 is 5.97 Å². The number of hydrogen-bond acceptors (Lipinski definition) is 5. The van der Waals surface area contributed by atoms with Gasteiger partial charge in [-0.2, -0.15) is 0 Å². The molecule has 0 heterocycles. The number of benzene rings is 2. The number of carbonyl (C=O) groups is 3. The average molecular weight is 424 g/mol. The lowest BCUT2D eigenvalue weighted by Gasteiger charge is -2.06. The summed E-state index contributed by atoms with van der Waals surface area (Å²) in [5.41, 5.74) is 1.86. The first-order valence-electron chi connectivity index (χ1n) is 10.5. The van der Waals surface area contributed by atoms with Crippen LogP contribution in [-0.4, -0.2) is 30.9 Å². The Kier molecular flexibility index (Phi) is 10.0. The summed E-state index contributed by atoms with van der Waals surface area (Å²) in [4.78, 5) is 35.9. The van der Waals surface area contributed by atoms with E-state index in [1.165, 1.54) is 6.08 Å². The van der Waals surface area contributed by atoms with Crippen LogP contribution in [0.1, 0.15) is 55.5 Å². The van der Waals surface area contributed by atoms with Gasteiger partial charge in [0.05, 0.1) is 6.61 Å². The van der Waals surface area contributed by atoms with Gasteiger partial charge in [-0.1, -0.05) is 31.9 Å². The molecule has 0 aliphatic rings. The Bertz CT molecular complexity index is 885. The average Bonchev–Trinajstić information content (AvgIpc) is 2.78. The molecule has 6 heteroatoms. The van der Waals surface area contributed by atoms with Crippen LogP contribution in [0.4, 0.5) is 5.69 Å². The van der Waals surface area contributed by atoms with Crippen molar-refractivity contribution in [2.45, 2.75) is 39.5 Å². The Morgan fingerprint density at radius 1 is 0.935 bits per heavy atom. The zero-order valence-corrected chi connectivity index (χ0v) is 18.1. The summed E-state index contributed by atoms with van der Waals surface area (Å²) in [6.07, 6.45) is 6.31. The van der Waals surface area contributed by atoms with Crippen molar-refractivity contribution >= 4 is 29.4 Å². The second kappa shape index (κ2) is 13.0. The Labute approximate surface area is 183 Å². The number of Topliss-reactive ketones (excluding diaryl/α,β-unsaturated/α-hetero) is 1. The lowest BCUT2D eigenvalue weighted by Crippen LogP contribution is -2.13. The number of unbranched alkanes of at least 4 members (excludes halogenated alkanes) is 2. The van der Waals surface area contributed by atoms with Crippen molar-refractivity contribution in [3.05, 3.63) is 65.7 Å². The molecular formula is C25H29NO5. The third kappa shape index (κ3) is 8.86. The number of hydrogen-bond donors (Lipinski definition) is 1. The van der Waals surface area contributed by atoms with Gasteiger partial charge in [-0.25, -0.2) is 4.79 Å². The zero-order valence-electron chi connectivity index (χ0n) is 18.1. The van der Waals surface area contributed by atoms with Crippen LogP contribution in [0, 0.1) is 0 Å². The van der Waals surface area contributed by atoms with Crippen LogP contribution < -0.4 is 10.1 Å². The quantitative estimate of drug-likeness (QED) is 0.224. The molecule has 2 aromatic rings. The van der Waals surface area contributed by atoms with Gasteiger partial charge in [0.25, 0.3) is 0 Å². The summed E-state index contributed by atoms with van der Waals surface area (Å²) in [6.45, 7) is 4.23. The summed E-state index contributed by atoms with van der Waals surface area (Å²) in [7, 11) is 0. The van der Waals surface area contributed by atoms with Crippen LogP contribution in [0.3, 0.4) is 0 Å². The fourth-order valence-electron chi connectivity index (χ4n) is 2.77. The van der Waals surface area contributed by atoms with E-state index in [-0.39, 0.29) is 18.3 Å². The van der Waals surface area contributed by atoms with Crippen molar-refractivity contribution in [3.63, 3.8) is 0 Å². The molecule has 0 fully saturated rings. The number of ether oxygens (including phenoxy) is 2. The predicted octanol–water partition coefficient (Wildman–Crippen LogP) is 5.04. The van der Waals surface area contributed by atoms with E-state index in [2.05, 4.69) is 12.2 Å². The Morgan fingerprint density at radius 3 is 2.29 bits per heavy atom. The molecule has 164 valence electrons.